The molecule has 0 fully saturated rings. The number of ether oxygens (including phenoxy) is 1. The standard InChI is InChI=1S/C7H16BrNO/c1-6(4-8)9-7(2)5-10-3/h6-7,9H,4-5H2,1-3H3. The first kappa shape index (κ1) is 10.4. The molecule has 0 aromatic rings. The molecule has 0 heterocycles. The maximum atomic E-state index is 4.97. The number of hydrogen-bond donors (Lipinski definition) is 1. The summed E-state index contributed by atoms with van der Waals surface area (Å²) in [6, 6.07) is 0.961. The van der Waals surface area contributed by atoms with Crippen LogP contribution in [0.2, 0.25) is 0 Å². The summed E-state index contributed by atoms with van der Waals surface area (Å²) in [5, 5.41) is 4.35. The largest absolute Gasteiger partial charge is 0.383 e. The smallest absolute Gasteiger partial charge is 0.0613 e. The van der Waals surface area contributed by atoms with Gasteiger partial charge in [-0.2, -0.15) is 0 Å². The van der Waals surface area contributed by atoms with E-state index in [1.165, 1.54) is 0 Å². The van der Waals surface area contributed by atoms with Gasteiger partial charge in [0.2, 0.25) is 0 Å². The van der Waals surface area contributed by atoms with Gasteiger partial charge in [0.05, 0.1) is 6.61 Å². The molecule has 2 unspecified atom stereocenters. The summed E-state index contributed by atoms with van der Waals surface area (Å²) in [6.07, 6.45) is 0. The number of rotatable bonds is 5. The van der Waals surface area contributed by atoms with E-state index in [0.29, 0.717) is 12.1 Å². The summed E-state index contributed by atoms with van der Waals surface area (Å²) >= 11 is 3.39. The summed E-state index contributed by atoms with van der Waals surface area (Å²) < 4.78 is 4.97. The minimum Gasteiger partial charge on any atom is -0.383 e. The Kier molecular flexibility index (Phi) is 6.38. The molecular weight excluding hydrogens is 194 g/mol. The second-order valence-electron chi connectivity index (χ2n) is 2.58. The molecule has 2 atom stereocenters. The summed E-state index contributed by atoms with van der Waals surface area (Å²) in [6.45, 7) is 5.03. The maximum Gasteiger partial charge on any atom is 0.0613 e. The first-order chi connectivity index (χ1) is 4.70. The van der Waals surface area contributed by atoms with E-state index in [2.05, 4.69) is 35.1 Å². The first-order valence-corrected chi connectivity index (χ1v) is 4.63. The Morgan fingerprint density at radius 1 is 1.40 bits per heavy atom. The van der Waals surface area contributed by atoms with Crippen LogP contribution in [0.3, 0.4) is 0 Å². The zero-order chi connectivity index (χ0) is 7.98. The van der Waals surface area contributed by atoms with Crippen molar-refractivity contribution in [3.63, 3.8) is 0 Å². The molecule has 0 aliphatic rings. The fourth-order valence-corrected chi connectivity index (χ4v) is 1.02. The molecule has 0 amide bonds. The van der Waals surface area contributed by atoms with Gasteiger partial charge in [0.15, 0.2) is 0 Å². The highest BCUT2D eigenvalue weighted by Crippen LogP contribution is 1.91. The van der Waals surface area contributed by atoms with E-state index in [1.807, 2.05) is 0 Å². The Morgan fingerprint density at radius 2 is 2.00 bits per heavy atom. The molecule has 2 nitrogen and oxygen atoms in total. The van der Waals surface area contributed by atoms with Gasteiger partial charge in [-0.05, 0) is 13.8 Å². The quantitative estimate of drug-likeness (QED) is 0.692. The molecule has 0 aliphatic carbocycles. The Morgan fingerprint density at radius 3 is 2.40 bits per heavy atom. The van der Waals surface area contributed by atoms with Crippen molar-refractivity contribution in [2.24, 2.45) is 0 Å². The fourth-order valence-electron chi connectivity index (χ4n) is 0.828. The molecule has 0 aromatic heterocycles. The minimum atomic E-state index is 0.442. The number of hydrogen-bond acceptors (Lipinski definition) is 2. The van der Waals surface area contributed by atoms with Crippen molar-refractivity contribution in [2.45, 2.75) is 25.9 Å². The van der Waals surface area contributed by atoms with Crippen LogP contribution in [0.15, 0.2) is 0 Å². The maximum absolute atomic E-state index is 4.97. The number of alkyl halides is 1. The van der Waals surface area contributed by atoms with E-state index in [4.69, 9.17) is 4.74 Å². The molecule has 0 saturated carbocycles. The highest BCUT2D eigenvalue weighted by Gasteiger charge is 2.03. The zero-order valence-corrected chi connectivity index (χ0v) is 8.44. The van der Waals surface area contributed by atoms with E-state index in [-0.39, 0.29) is 0 Å². The normalized spacial score (nSPS) is 16.8. The van der Waals surface area contributed by atoms with Crippen molar-refractivity contribution < 1.29 is 4.74 Å². The Bertz CT molecular complexity index is 80.0. The second kappa shape index (κ2) is 6.13. The number of nitrogens with one attached hydrogen (secondary N) is 1. The highest BCUT2D eigenvalue weighted by atomic mass is 79.9. The third kappa shape index (κ3) is 5.21. The van der Waals surface area contributed by atoms with E-state index >= 15 is 0 Å². The SMILES string of the molecule is COCC(C)NC(C)CBr. The van der Waals surface area contributed by atoms with Crippen LogP contribution in [0.1, 0.15) is 13.8 Å². The summed E-state index contributed by atoms with van der Waals surface area (Å²) in [5.74, 6) is 0. The van der Waals surface area contributed by atoms with Crippen LogP contribution in [-0.4, -0.2) is 31.1 Å². The topological polar surface area (TPSA) is 21.3 Å². The van der Waals surface area contributed by atoms with Gasteiger partial charge < -0.3 is 10.1 Å². The average molecular weight is 210 g/mol. The number of halogens is 1. The van der Waals surface area contributed by atoms with E-state index < -0.39 is 0 Å². The molecule has 62 valence electrons. The van der Waals surface area contributed by atoms with Gasteiger partial charge in [-0.1, -0.05) is 15.9 Å². The van der Waals surface area contributed by atoms with E-state index in [9.17, 15) is 0 Å². The van der Waals surface area contributed by atoms with Gasteiger partial charge in [0, 0.05) is 24.5 Å². The molecule has 0 radical (unpaired) electrons. The molecule has 0 bridgehead atoms. The van der Waals surface area contributed by atoms with Crippen LogP contribution in [-0.2, 0) is 4.74 Å². The molecular formula is C7H16BrNO. The highest BCUT2D eigenvalue weighted by molar-refractivity contribution is 9.09. The minimum absolute atomic E-state index is 0.442. The van der Waals surface area contributed by atoms with E-state index in [1.54, 1.807) is 7.11 Å². The third-order valence-electron chi connectivity index (χ3n) is 1.22. The molecule has 1 N–H and O–H groups in total. The van der Waals surface area contributed by atoms with Crippen molar-refractivity contribution in [1.82, 2.24) is 5.32 Å². The molecule has 0 aromatic carbocycles. The lowest BCUT2D eigenvalue weighted by atomic mass is 10.3. The summed E-state index contributed by atoms with van der Waals surface area (Å²) in [7, 11) is 1.72. The van der Waals surface area contributed by atoms with Crippen molar-refractivity contribution in [3.05, 3.63) is 0 Å². The van der Waals surface area contributed by atoms with Crippen molar-refractivity contribution >= 4 is 15.9 Å². The molecule has 10 heavy (non-hydrogen) atoms. The monoisotopic (exact) mass is 209 g/mol. The third-order valence-corrected chi connectivity index (χ3v) is 2.19. The van der Waals surface area contributed by atoms with Gasteiger partial charge >= 0.3 is 0 Å². The van der Waals surface area contributed by atoms with Crippen LogP contribution in [0, 0.1) is 0 Å². The van der Waals surface area contributed by atoms with Gasteiger partial charge in [-0.15, -0.1) is 0 Å². The Hall–Kier alpha value is 0.400. The van der Waals surface area contributed by atoms with Gasteiger partial charge in [0.1, 0.15) is 0 Å². The van der Waals surface area contributed by atoms with Crippen molar-refractivity contribution in [3.8, 4) is 0 Å². The molecule has 0 saturated heterocycles. The average Bonchev–Trinajstić information content (AvgIpc) is 1.88. The predicted molar refractivity (Wildman–Crippen MR) is 47.7 cm³/mol. The van der Waals surface area contributed by atoms with Crippen LogP contribution in [0.25, 0.3) is 0 Å². The van der Waals surface area contributed by atoms with E-state index in [0.717, 1.165) is 11.9 Å². The summed E-state index contributed by atoms with van der Waals surface area (Å²) in [5.41, 5.74) is 0. The Labute approximate surface area is 71.5 Å². The number of methoxy groups -OCH3 is 1. The summed E-state index contributed by atoms with van der Waals surface area (Å²) in [4.78, 5) is 0. The van der Waals surface area contributed by atoms with Gasteiger partial charge in [-0.25, -0.2) is 0 Å². The van der Waals surface area contributed by atoms with Crippen LogP contribution < -0.4 is 5.32 Å². The van der Waals surface area contributed by atoms with Crippen molar-refractivity contribution in [2.75, 3.05) is 19.0 Å². The van der Waals surface area contributed by atoms with Gasteiger partial charge in [0.25, 0.3) is 0 Å². The molecule has 0 spiro atoms. The van der Waals surface area contributed by atoms with Crippen LogP contribution in [0.5, 0.6) is 0 Å². The lowest BCUT2D eigenvalue weighted by Gasteiger charge is -2.16. The second-order valence-corrected chi connectivity index (χ2v) is 3.23. The van der Waals surface area contributed by atoms with Crippen molar-refractivity contribution in [1.29, 1.82) is 0 Å². The molecule has 0 aliphatic heterocycles. The van der Waals surface area contributed by atoms with Crippen LogP contribution in [0.4, 0.5) is 0 Å². The fraction of sp³-hybridized carbons (Fsp3) is 1.00. The Balaban J connectivity index is 3.27. The molecule has 0 rings (SSSR count). The molecule has 3 heteroatoms. The lowest BCUT2D eigenvalue weighted by Crippen LogP contribution is -2.38. The predicted octanol–water partition coefficient (Wildman–Crippen LogP) is 1.39. The van der Waals surface area contributed by atoms with Gasteiger partial charge in [-0.3, -0.25) is 0 Å². The lowest BCUT2D eigenvalue weighted by molar-refractivity contribution is 0.169. The first-order valence-electron chi connectivity index (χ1n) is 3.51. The zero-order valence-electron chi connectivity index (χ0n) is 6.86. The van der Waals surface area contributed by atoms with Crippen LogP contribution >= 0.6 is 15.9 Å².